The van der Waals surface area contributed by atoms with Gasteiger partial charge in [-0.05, 0) is 12.1 Å². The molecule has 3 rings (SSSR count). The second-order valence-corrected chi connectivity index (χ2v) is 6.51. The van der Waals surface area contributed by atoms with Crippen LogP contribution in [0.15, 0.2) is 46.1 Å². The zero-order valence-corrected chi connectivity index (χ0v) is 13.7. The maximum absolute atomic E-state index is 12.2. The number of hydrogen-bond acceptors (Lipinski definition) is 7. The standard InChI is InChI=1S/C14H15N5O5S/c20-6-7-24-9-19-8-15-13-11(19)16-14(18-25(13,22)23)17-12(21)10-4-2-1-3-5-10/h1-5,8,20H,6-7,9H2,(H2,16,17,18,21). The van der Waals surface area contributed by atoms with Crippen LogP contribution >= 0.6 is 0 Å². The zero-order valence-electron chi connectivity index (χ0n) is 12.9. The third-order valence-electron chi connectivity index (χ3n) is 3.23. The third-order valence-corrected chi connectivity index (χ3v) is 4.44. The van der Waals surface area contributed by atoms with Crippen LogP contribution in [0.1, 0.15) is 10.4 Å². The molecule has 25 heavy (non-hydrogen) atoms. The summed E-state index contributed by atoms with van der Waals surface area (Å²) in [4.78, 5) is 16.0. The van der Waals surface area contributed by atoms with E-state index in [2.05, 4.69) is 20.0 Å². The third kappa shape index (κ3) is 3.68. The molecule has 1 aromatic heterocycles. The average Bonchev–Trinajstić information content (AvgIpc) is 2.99. The molecule has 2 aromatic rings. The SMILES string of the molecule is O=C(NC1=NS(=O)(=O)c2ncn(COCCO)c2N1)c1ccccc1. The Kier molecular flexibility index (Phi) is 4.79. The second kappa shape index (κ2) is 7.01. The van der Waals surface area contributed by atoms with Gasteiger partial charge in [0, 0.05) is 5.56 Å². The molecule has 0 aliphatic carbocycles. The van der Waals surface area contributed by atoms with Crippen molar-refractivity contribution in [3.63, 3.8) is 0 Å². The number of fused-ring (bicyclic) bond motifs is 1. The van der Waals surface area contributed by atoms with Crippen LogP contribution in [0, 0.1) is 0 Å². The summed E-state index contributed by atoms with van der Waals surface area (Å²) < 4.78 is 34.5. The van der Waals surface area contributed by atoms with Crippen molar-refractivity contribution in [3.05, 3.63) is 42.2 Å². The molecule has 11 heteroatoms. The van der Waals surface area contributed by atoms with Gasteiger partial charge in [-0.1, -0.05) is 18.2 Å². The molecule has 10 nitrogen and oxygen atoms in total. The van der Waals surface area contributed by atoms with Gasteiger partial charge < -0.3 is 15.2 Å². The van der Waals surface area contributed by atoms with Crippen LogP contribution in [0.3, 0.4) is 0 Å². The molecule has 0 fully saturated rings. The fraction of sp³-hybridized carbons (Fsp3) is 0.214. The van der Waals surface area contributed by atoms with Crippen molar-refractivity contribution in [2.45, 2.75) is 11.8 Å². The molecule has 0 unspecified atom stereocenters. The molecule has 1 amide bonds. The molecular formula is C14H15N5O5S. The van der Waals surface area contributed by atoms with Crippen molar-refractivity contribution in [3.8, 4) is 0 Å². The average molecular weight is 365 g/mol. The largest absolute Gasteiger partial charge is 0.394 e. The topological polar surface area (TPSA) is 135 Å². The first-order valence-corrected chi connectivity index (χ1v) is 8.67. The number of imidazole rings is 1. The Morgan fingerprint density at radius 2 is 2.08 bits per heavy atom. The lowest BCUT2D eigenvalue weighted by Crippen LogP contribution is -2.39. The van der Waals surface area contributed by atoms with E-state index in [9.17, 15) is 13.2 Å². The van der Waals surface area contributed by atoms with Gasteiger partial charge in [0.05, 0.1) is 19.5 Å². The number of carbonyl (C=O) groups excluding carboxylic acids is 1. The van der Waals surface area contributed by atoms with Gasteiger partial charge in [0.15, 0.2) is 5.82 Å². The van der Waals surface area contributed by atoms with Gasteiger partial charge >= 0.3 is 10.0 Å². The Bertz CT molecular complexity index is 907. The first-order chi connectivity index (χ1) is 12.0. The van der Waals surface area contributed by atoms with E-state index in [1.165, 1.54) is 10.9 Å². The number of hydrogen-bond donors (Lipinski definition) is 3. The summed E-state index contributed by atoms with van der Waals surface area (Å²) in [5.41, 5.74) is 0.356. The molecule has 2 heterocycles. The monoisotopic (exact) mass is 365 g/mol. The summed E-state index contributed by atoms with van der Waals surface area (Å²) in [5, 5.41) is 13.6. The van der Waals surface area contributed by atoms with Crippen molar-refractivity contribution >= 4 is 27.7 Å². The van der Waals surface area contributed by atoms with E-state index in [4.69, 9.17) is 9.84 Å². The summed E-state index contributed by atoms with van der Waals surface area (Å²) in [6.45, 7) is -0.0980. The molecule has 0 saturated heterocycles. The molecular weight excluding hydrogens is 350 g/mol. The summed E-state index contributed by atoms with van der Waals surface area (Å²) in [6.07, 6.45) is 1.27. The van der Waals surface area contributed by atoms with Crippen LogP contribution < -0.4 is 10.6 Å². The maximum Gasteiger partial charge on any atom is 0.306 e. The van der Waals surface area contributed by atoms with E-state index in [1.807, 2.05) is 0 Å². The minimum absolute atomic E-state index is 0.0225. The summed E-state index contributed by atoms with van der Waals surface area (Å²) in [5.74, 6) is -0.616. The summed E-state index contributed by atoms with van der Waals surface area (Å²) in [6, 6.07) is 8.31. The molecule has 3 N–H and O–H groups in total. The van der Waals surface area contributed by atoms with E-state index in [0.29, 0.717) is 5.56 Å². The van der Waals surface area contributed by atoms with Crippen LogP contribution in [-0.2, 0) is 21.5 Å². The number of rotatable bonds is 5. The number of aliphatic hydroxyl groups excluding tert-OH is 1. The van der Waals surface area contributed by atoms with Gasteiger partial charge in [0.1, 0.15) is 6.73 Å². The van der Waals surface area contributed by atoms with Crippen LogP contribution in [0.4, 0.5) is 5.82 Å². The molecule has 0 radical (unpaired) electrons. The van der Waals surface area contributed by atoms with E-state index in [-0.39, 0.29) is 36.7 Å². The number of nitrogens with one attached hydrogen (secondary N) is 2. The number of ether oxygens (including phenoxy) is 1. The van der Waals surface area contributed by atoms with Crippen LogP contribution in [0.5, 0.6) is 0 Å². The smallest absolute Gasteiger partial charge is 0.306 e. The number of aromatic nitrogens is 2. The zero-order chi connectivity index (χ0) is 17.9. The number of nitrogens with zero attached hydrogens (tertiary/aromatic N) is 3. The van der Waals surface area contributed by atoms with Gasteiger partial charge in [-0.2, -0.15) is 8.42 Å². The van der Waals surface area contributed by atoms with E-state index in [0.717, 1.165) is 0 Å². The summed E-state index contributed by atoms with van der Waals surface area (Å²) >= 11 is 0. The van der Waals surface area contributed by atoms with Crippen molar-refractivity contribution in [1.82, 2.24) is 14.9 Å². The minimum atomic E-state index is -4.05. The van der Waals surface area contributed by atoms with E-state index in [1.54, 1.807) is 30.3 Å². The van der Waals surface area contributed by atoms with Gasteiger partial charge in [-0.25, -0.2) is 4.98 Å². The number of anilines is 1. The highest BCUT2D eigenvalue weighted by atomic mass is 32.2. The Labute approximate surface area is 143 Å². The van der Waals surface area contributed by atoms with Crippen molar-refractivity contribution in [2.75, 3.05) is 18.5 Å². The van der Waals surface area contributed by atoms with Crippen LogP contribution in [0.25, 0.3) is 0 Å². The first-order valence-electron chi connectivity index (χ1n) is 7.23. The number of benzene rings is 1. The second-order valence-electron chi connectivity index (χ2n) is 4.99. The normalized spacial score (nSPS) is 15.0. The van der Waals surface area contributed by atoms with Crippen LogP contribution in [-0.4, -0.2) is 48.2 Å². The molecule has 1 aliphatic rings. The fourth-order valence-electron chi connectivity index (χ4n) is 2.12. The van der Waals surface area contributed by atoms with Gasteiger partial charge in [0.25, 0.3) is 5.91 Å². The van der Waals surface area contributed by atoms with Gasteiger partial charge in [-0.3, -0.25) is 14.7 Å². The van der Waals surface area contributed by atoms with Crippen LogP contribution in [0.2, 0.25) is 0 Å². The van der Waals surface area contributed by atoms with Crippen molar-refractivity contribution in [2.24, 2.45) is 4.40 Å². The molecule has 132 valence electrons. The Hall–Kier alpha value is -2.76. The number of aliphatic hydroxyl groups is 1. The predicted molar refractivity (Wildman–Crippen MR) is 87.4 cm³/mol. The highest BCUT2D eigenvalue weighted by Crippen LogP contribution is 2.25. The maximum atomic E-state index is 12.2. The van der Waals surface area contributed by atoms with E-state index < -0.39 is 15.9 Å². The minimum Gasteiger partial charge on any atom is -0.394 e. The fourth-order valence-corrected chi connectivity index (χ4v) is 3.14. The quantitative estimate of drug-likeness (QED) is 0.622. The lowest BCUT2D eigenvalue weighted by atomic mass is 10.2. The first kappa shape index (κ1) is 17.1. The lowest BCUT2D eigenvalue weighted by molar-refractivity contribution is 0.0491. The van der Waals surface area contributed by atoms with Gasteiger partial charge in [0.2, 0.25) is 11.0 Å². The summed E-state index contributed by atoms with van der Waals surface area (Å²) in [7, 11) is -4.05. The Balaban J connectivity index is 1.81. The molecule has 1 aromatic carbocycles. The van der Waals surface area contributed by atoms with E-state index >= 15 is 0 Å². The van der Waals surface area contributed by atoms with Crippen molar-refractivity contribution in [1.29, 1.82) is 0 Å². The highest BCUT2D eigenvalue weighted by molar-refractivity contribution is 7.90. The Morgan fingerprint density at radius 3 is 2.80 bits per heavy atom. The molecule has 0 spiro atoms. The number of guanidine groups is 1. The number of amides is 1. The number of carbonyl (C=O) groups is 1. The van der Waals surface area contributed by atoms with Crippen molar-refractivity contribution < 1.29 is 23.1 Å². The molecule has 0 atom stereocenters. The molecule has 0 saturated carbocycles. The lowest BCUT2D eigenvalue weighted by Gasteiger charge is -2.17. The molecule has 1 aliphatic heterocycles. The molecule has 0 bridgehead atoms. The van der Waals surface area contributed by atoms with Gasteiger partial charge in [-0.15, -0.1) is 4.40 Å². The highest BCUT2D eigenvalue weighted by Gasteiger charge is 2.30. The number of sulfonamides is 1. The predicted octanol–water partition coefficient (Wildman–Crippen LogP) is -0.250. The Morgan fingerprint density at radius 1 is 1.32 bits per heavy atom.